The van der Waals surface area contributed by atoms with Gasteiger partial charge in [-0.25, -0.2) is 8.93 Å². The maximum atomic E-state index is 12.9. The second-order valence-electron chi connectivity index (χ2n) is 6.92. The zero-order chi connectivity index (χ0) is 21.1. The highest BCUT2D eigenvalue weighted by molar-refractivity contribution is 7.83. The van der Waals surface area contributed by atoms with Crippen molar-refractivity contribution in [2.24, 2.45) is 11.8 Å². The van der Waals surface area contributed by atoms with E-state index in [1.165, 1.54) is 7.11 Å². The second kappa shape index (κ2) is 12.6. The summed E-state index contributed by atoms with van der Waals surface area (Å²) in [6, 6.07) is 6.98. The Labute approximate surface area is 170 Å². The number of benzene rings is 1. The summed E-state index contributed by atoms with van der Waals surface area (Å²) in [5.74, 6) is -0.771. The number of nitrogens with one attached hydrogen (secondary N) is 1. The molecule has 1 rings (SSSR count). The lowest BCUT2D eigenvalue weighted by atomic mass is 9.83. The Bertz CT molecular complexity index is 674. The summed E-state index contributed by atoms with van der Waals surface area (Å²) in [5.41, 5.74) is 1.07. The van der Waals surface area contributed by atoms with E-state index in [0.29, 0.717) is 17.9 Å². The summed E-state index contributed by atoms with van der Waals surface area (Å²) < 4.78 is 25.8. The molecule has 156 valence electrons. The molecule has 0 heterocycles. The molecule has 0 aromatic heterocycles. The molecule has 0 saturated heterocycles. The van der Waals surface area contributed by atoms with Gasteiger partial charge in [0, 0.05) is 26.2 Å². The van der Waals surface area contributed by atoms with Gasteiger partial charge in [-0.1, -0.05) is 30.7 Å². The van der Waals surface area contributed by atoms with Gasteiger partial charge in [-0.3, -0.25) is 9.59 Å². The van der Waals surface area contributed by atoms with Crippen LogP contribution in [0.3, 0.4) is 0 Å². The lowest BCUT2D eigenvalue weighted by Crippen LogP contribution is -2.42. The van der Waals surface area contributed by atoms with E-state index in [9.17, 15) is 13.8 Å². The van der Waals surface area contributed by atoms with Crippen molar-refractivity contribution in [2.75, 3.05) is 20.8 Å². The summed E-state index contributed by atoms with van der Waals surface area (Å²) in [7, 11) is 1.38. The fourth-order valence-electron chi connectivity index (χ4n) is 3.07. The van der Waals surface area contributed by atoms with Gasteiger partial charge in [0.15, 0.2) is 0 Å². The normalized spacial score (nSPS) is 15.3. The fraction of sp³-hybridized carbons (Fsp3) is 0.524. The van der Waals surface area contributed by atoms with E-state index in [0.717, 1.165) is 5.56 Å². The van der Waals surface area contributed by atoms with E-state index in [-0.39, 0.29) is 30.5 Å². The van der Waals surface area contributed by atoms with Crippen molar-refractivity contribution < 1.29 is 23.3 Å². The summed E-state index contributed by atoms with van der Waals surface area (Å²) in [5, 5.41) is 0. The van der Waals surface area contributed by atoms with Crippen molar-refractivity contribution in [3.63, 3.8) is 0 Å². The number of Topliss-reactive ketones (excluding diaryl/α,β-unsaturated/α-hetero) is 1. The van der Waals surface area contributed by atoms with Crippen LogP contribution in [0.1, 0.15) is 31.7 Å². The van der Waals surface area contributed by atoms with Crippen LogP contribution in [-0.2, 0) is 30.0 Å². The fourth-order valence-corrected chi connectivity index (χ4v) is 4.12. The van der Waals surface area contributed by atoms with Crippen molar-refractivity contribution in [1.29, 1.82) is 0 Å². The number of allylic oxidation sites excluding steroid dienone is 1. The molecular formula is C21H31NO5S. The number of carbonyl (C=O) groups is 2. The smallest absolute Gasteiger partial charge is 0.313 e. The molecule has 0 aliphatic heterocycles. The van der Waals surface area contributed by atoms with Crippen LogP contribution in [0.4, 0.5) is 0 Å². The molecule has 1 aromatic carbocycles. The first-order chi connectivity index (χ1) is 13.3. The Hall–Kier alpha value is -1.83. The number of methoxy groups -OCH3 is 2. The minimum atomic E-state index is -1.49. The van der Waals surface area contributed by atoms with Crippen LogP contribution < -0.4 is 4.72 Å². The highest BCUT2D eigenvalue weighted by atomic mass is 32.2. The molecule has 4 atom stereocenters. The van der Waals surface area contributed by atoms with Gasteiger partial charge >= 0.3 is 5.97 Å². The molecule has 1 N–H and O–H groups in total. The summed E-state index contributed by atoms with van der Waals surface area (Å²) >= 11 is 0. The number of aryl methyl sites for hydroxylation is 1. The Morgan fingerprint density at radius 1 is 1.25 bits per heavy atom. The third-order valence-electron chi connectivity index (χ3n) is 4.63. The molecule has 1 aromatic rings. The minimum Gasteiger partial charge on any atom is -0.469 e. The van der Waals surface area contributed by atoms with Crippen LogP contribution in [-0.4, -0.2) is 42.8 Å². The molecule has 0 spiro atoms. The second-order valence-corrected chi connectivity index (χ2v) is 8.17. The lowest BCUT2D eigenvalue weighted by molar-refractivity contribution is -0.143. The van der Waals surface area contributed by atoms with Gasteiger partial charge in [0.25, 0.3) is 0 Å². The number of esters is 1. The molecule has 0 radical (unpaired) electrons. The Balaban J connectivity index is 3.04. The molecule has 28 heavy (non-hydrogen) atoms. The largest absolute Gasteiger partial charge is 0.469 e. The monoisotopic (exact) mass is 409 g/mol. The maximum Gasteiger partial charge on any atom is 0.313 e. The van der Waals surface area contributed by atoms with E-state index in [4.69, 9.17) is 4.74 Å². The van der Waals surface area contributed by atoms with Gasteiger partial charge < -0.3 is 9.47 Å². The van der Waals surface area contributed by atoms with Crippen LogP contribution >= 0.6 is 0 Å². The van der Waals surface area contributed by atoms with E-state index in [1.54, 1.807) is 25.3 Å². The first-order valence-corrected chi connectivity index (χ1v) is 10.4. The minimum absolute atomic E-state index is 0.0338. The number of hydrogen-bond donors (Lipinski definition) is 1. The molecular weight excluding hydrogens is 378 g/mol. The molecule has 0 fully saturated rings. The number of hydrogen-bond acceptors (Lipinski definition) is 5. The van der Waals surface area contributed by atoms with Crippen molar-refractivity contribution in [3.05, 3.63) is 42.5 Å². The average Bonchev–Trinajstić information content (AvgIpc) is 2.66. The van der Waals surface area contributed by atoms with Crippen LogP contribution in [0.15, 0.2) is 41.8 Å². The van der Waals surface area contributed by atoms with Crippen LogP contribution in [0.2, 0.25) is 0 Å². The molecule has 0 bridgehead atoms. The SMILES string of the molecule is C=CC[C@H]([C@H](C)COC)[C@H](CC(=O)CC(=O)OC)NS(=O)c1ccc(C)cc1. The number of ether oxygens (including phenoxy) is 2. The van der Waals surface area contributed by atoms with E-state index in [2.05, 4.69) is 16.0 Å². The summed E-state index contributed by atoms with van der Waals surface area (Å²) in [4.78, 5) is 24.5. The van der Waals surface area contributed by atoms with E-state index < -0.39 is 23.0 Å². The molecule has 0 aliphatic rings. The van der Waals surface area contributed by atoms with Gasteiger partial charge in [0.05, 0.1) is 12.0 Å². The van der Waals surface area contributed by atoms with Crippen molar-refractivity contribution in [2.45, 2.75) is 44.0 Å². The molecule has 0 amide bonds. The Morgan fingerprint density at radius 3 is 2.43 bits per heavy atom. The third-order valence-corrected chi connectivity index (χ3v) is 5.84. The van der Waals surface area contributed by atoms with Gasteiger partial charge in [0.2, 0.25) is 0 Å². The molecule has 7 heteroatoms. The molecule has 0 saturated carbocycles. The van der Waals surface area contributed by atoms with Crippen molar-refractivity contribution in [3.8, 4) is 0 Å². The number of carbonyl (C=O) groups excluding carboxylic acids is 2. The van der Waals surface area contributed by atoms with Crippen molar-refractivity contribution in [1.82, 2.24) is 4.72 Å². The number of ketones is 1. The van der Waals surface area contributed by atoms with Gasteiger partial charge in [-0.05, 0) is 37.3 Å². The predicted molar refractivity (Wildman–Crippen MR) is 110 cm³/mol. The third kappa shape index (κ3) is 8.04. The maximum absolute atomic E-state index is 12.9. The molecule has 0 aliphatic carbocycles. The Morgan fingerprint density at radius 2 is 1.89 bits per heavy atom. The zero-order valence-corrected chi connectivity index (χ0v) is 17.9. The molecule has 6 nitrogen and oxygen atoms in total. The average molecular weight is 410 g/mol. The molecule has 1 unspecified atom stereocenters. The summed E-state index contributed by atoms with van der Waals surface area (Å²) in [6.45, 7) is 8.29. The first kappa shape index (κ1) is 24.2. The van der Waals surface area contributed by atoms with Crippen molar-refractivity contribution >= 4 is 22.7 Å². The van der Waals surface area contributed by atoms with Gasteiger partial charge in [-0.15, -0.1) is 6.58 Å². The standard InChI is InChI=1S/C21H31NO5S/c1-6-7-19(16(3)14-26-4)20(12-17(23)13-21(24)27-5)22-28(25)18-10-8-15(2)9-11-18/h6,8-11,16,19-20,22H,1,7,12-14H2,2-5H3/t16-,19-,20+,28?/m1/s1. The van der Waals surface area contributed by atoms with Gasteiger partial charge in [0.1, 0.15) is 23.2 Å². The quantitative estimate of drug-likeness (QED) is 0.308. The highest BCUT2D eigenvalue weighted by Crippen LogP contribution is 2.25. The predicted octanol–water partition coefficient (Wildman–Crippen LogP) is 2.97. The highest BCUT2D eigenvalue weighted by Gasteiger charge is 2.30. The Kier molecular flexibility index (Phi) is 10.9. The lowest BCUT2D eigenvalue weighted by Gasteiger charge is -2.31. The zero-order valence-electron chi connectivity index (χ0n) is 17.1. The van der Waals surface area contributed by atoms with Crippen LogP contribution in [0, 0.1) is 18.8 Å². The van der Waals surface area contributed by atoms with Crippen LogP contribution in [0.25, 0.3) is 0 Å². The van der Waals surface area contributed by atoms with E-state index >= 15 is 0 Å². The number of rotatable bonds is 13. The topological polar surface area (TPSA) is 81.7 Å². The first-order valence-electron chi connectivity index (χ1n) is 9.25. The van der Waals surface area contributed by atoms with E-state index in [1.807, 2.05) is 26.0 Å². The van der Waals surface area contributed by atoms with Gasteiger partial charge in [-0.2, -0.15) is 0 Å². The summed E-state index contributed by atoms with van der Waals surface area (Å²) in [6.07, 6.45) is 2.18. The van der Waals surface area contributed by atoms with Crippen LogP contribution in [0.5, 0.6) is 0 Å².